The number of halogens is 3. The molecule has 17 heteroatoms. The third kappa shape index (κ3) is 7.98. The lowest BCUT2D eigenvalue weighted by Crippen LogP contribution is -2.49. The smallest absolute Gasteiger partial charge is 0.433 e. The normalized spacial score (nSPS) is 20.4. The van der Waals surface area contributed by atoms with E-state index in [9.17, 15) is 32.3 Å². The number of likely N-dealkylation sites (tertiary alicyclic amines) is 2. The molecule has 4 heterocycles. The van der Waals surface area contributed by atoms with E-state index in [0.29, 0.717) is 31.8 Å². The minimum absolute atomic E-state index is 0.0463. The summed E-state index contributed by atoms with van der Waals surface area (Å²) in [6.45, 7) is 0.900. The van der Waals surface area contributed by atoms with Crippen molar-refractivity contribution in [1.82, 2.24) is 40.4 Å². The zero-order chi connectivity index (χ0) is 40.7. The van der Waals surface area contributed by atoms with E-state index in [-0.39, 0.29) is 46.8 Å². The molecule has 0 spiro atoms. The number of amides is 4. The molecule has 2 saturated heterocycles. The van der Waals surface area contributed by atoms with Crippen LogP contribution in [0.4, 0.5) is 22.8 Å². The van der Waals surface area contributed by atoms with Crippen molar-refractivity contribution in [2.45, 2.75) is 81.7 Å². The molecule has 4 amide bonds. The van der Waals surface area contributed by atoms with Gasteiger partial charge in [-0.1, -0.05) is 48.5 Å². The van der Waals surface area contributed by atoms with Crippen LogP contribution in [0.5, 0.6) is 0 Å². The minimum Gasteiger partial charge on any atom is -0.453 e. The lowest BCUT2D eigenvalue weighted by Gasteiger charge is -2.28. The van der Waals surface area contributed by atoms with Crippen LogP contribution in [0.2, 0.25) is 0 Å². The van der Waals surface area contributed by atoms with Gasteiger partial charge < -0.3 is 39.9 Å². The van der Waals surface area contributed by atoms with Crippen LogP contribution in [0.1, 0.15) is 80.8 Å². The summed E-state index contributed by atoms with van der Waals surface area (Å²) in [6, 6.07) is 12.0. The van der Waals surface area contributed by atoms with Crippen molar-refractivity contribution in [1.29, 1.82) is 0 Å². The Morgan fingerprint density at radius 2 is 1.16 bits per heavy atom. The van der Waals surface area contributed by atoms with Gasteiger partial charge in [-0.2, -0.15) is 13.2 Å². The van der Waals surface area contributed by atoms with E-state index in [4.69, 9.17) is 9.47 Å². The van der Waals surface area contributed by atoms with E-state index in [1.54, 1.807) is 35.4 Å². The molecule has 4 atom stereocenters. The van der Waals surface area contributed by atoms with Crippen molar-refractivity contribution in [3.05, 3.63) is 72.1 Å². The van der Waals surface area contributed by atoms with Gasteiger partial charge >= 0.3 is 18.4 Å². The third-order valence-corrected chi connectivity index (χ3v) is 11.6. The number of imidazole rings is 2. The Morgan fingerprint density at radius 3 is 1.62 bits per heavy atom. The zero-order valence-electron chi connectivity index (χ0n) is 32.1. The molecule has 2 aromatic heterocycles. The van der Waals surface area contributed by atoms with Crippen LogP contribution >= 0.6 is 0 Å². The molecule has 2 saturated carbocycles. The van der Waals surface area contributed by atoms with Gasteiger partial charge in [0.2, 0.25) is 11.8 Å². The molecular formula is C41H45F3N8O6. The van der Waals surface area contributed by atoms with Gasteiger partial charge in [0.05, 0.1) is 38.2 Å². The maximum atomic E-state index is 14.4. The van der Waals surface area contributed by atoms with Gasteiger partial charge in [-0.25, -0.2) is 19.6 Å². The topological polar surface area (TPSA) is 175 Å². The molecule has 4 aromatic rings. The Morgan fingerprint density at radius 1 is 0.690 bits per heavy atom. The predicted octanol–water partition coefficient (Wildman–Crippen LogP) is 6.75. The van der Waals surface area contributed by atoms with E-state index < -0.39 is 42.2 Å². The van der Waals surface area contributed by atoms with E-state index in [0.717, 1.165) is 60.9 Å². The number of carbonyl (C=O) groups excluding carboxylic acids is 4. The van der Waals surface area contributed by atoms with Crippen molar-refractivity contribution in [3.63, 3.8) is 0 Å². The number of rotatable bonds is 11. The summed E-state index contributed by atoms with van der Waals surface area (Å²) >= 11 is 0. The second-order valence-corrected chi connectivity index (χ2v) is 15.5. The standard InChI is InChI=1S/C41H45F3N8O6/c1-57-39(55)48-32(26-15-16-26)37(53)51-19-3-5-29(51)35-45-21-28(46-35)24-11-7-22(8-12-24)23-9-13-25(14-10-23)31-34(41(42,43)44)50-36(47-31)30-6-4-20-52(30)38(54)33(27-17-18-27)49-40(56)58-2/h7-14,21,26-27,29-30,32-33H,3-6,15-20H2,1-2H3,(H,45,46)(H,47,50)(H,48,55)(H,49,56)/t29-,30-,32-,33-/m0/s1. The van der Waals surface area contributed by atoms with Crippen LogP contribution in [0.25, 0.3) is 33.6 Å². The van der Waals surface area contributed by atoms with Crippen LogP contribution in [0.15, 0.2) is 54.7 Å². The van der Waals surface area contributed by atoms with Crippen molar-refractivity contribution in [3.8, 4) is 33.6 Å². The molecule has 2 aliphatic carbocycles. The number of hydrogen-bond acceptors (Lipinski definition) is 8. The van der Waals surface area contributed by atoms with E-state index in [1.807, 2.05) is 24.3 Å². The first-order valence-corrected chi connectivity index (χ1v) is 19.7. The van der Waals surface area contributed by atoms with Crippen LogP contribution in [0, 0.1) is 11.8 Å². The van der Waals surface area contributed by atoms with Gasteiger partial charge in [0.15, 0.2) is 0 Å². The lowest BCUT2D eigenvalue weighted by molar-refractivity contribution is -0.140. The van der Waals surface area contributed by atoms with Crippen molar-refractivity contribution < 1.29 is 41.8 Å². The maximum absolute atomic E-state index is 14.4. The lowest BCUT2D eigenvalue weighted by atomic mass is 10.0. The maximum Gasteiger partial charge on any atom is 0.433 e. The van der Waals surface area contributed by atoms with Gasteiger partial charge in [-0.3, -0.25) is 9.59 Å². The highest BCUT2D eigenvalue weighted by Gasteiger charge is 2.46. The van der Waals surface area contributed by atoms with Gasteiger partial charge in [0.1, 0.15) is 35.1 Å². The van der Waals surface area contributed by atoms with Gasteiger partial charge in [-0.05, 0) is 79.9 Å². The van der Waals surface area contributed by atoms with Gasteiger partial charge in [0.25, 0.3) is 0 Å². The fourth-order valence-electron chi connectivity index (χ4n) is 8.26. The van der Waals surface area contributed by atoms with Gasteiger partial charge in [-0.15, -0.1) is 0 Å². The van der Waals surface area contributed by atoms with Crippen LogP contribution in [-0.2, 0) is 25.2 Å². The van der Waals surface area contributed by atoms with E-state index >= 15 is 0 Å². The fourth-order valence-corrected chi connectivity index (χ4v) is 8.26. The first-order valence-electron chi connectivity index (χ1n) is 19.7. The first-order chi connectivity index (χ1) is 27.9. The Kier molecular flexibility index (Phi) is 10.6. The number of ether oxygens (including phenoxy) is 2. The minimum atomic E-state index is -4.73. The van der Waals surface area contributed by atoms with E-state index in [1.165, 1.54) is 19.1 Å². The highest BCUT2D eigenvalue weighted by atomic mass is 19.4. The SMILES string of the molecule is COC(=O)N[C@H](C(=O)N1CCC[C@H]1c1ncc(-c2ccc(-c3ccc(-c4nc([C@@H]5CCCN5C(=O)[C@@H](NC(=O)OC)C5CC5)[nH]c4C(F)(F)F)cc3)cc2)[nH]1)C1CC1. The second-order valence-electron chi connectivity index (χ2n) is 15.5. The summed E-state index contributed by atoms with van der Waals surface area (Å²) < 4.78 is 52.8. The molecule has 4 fully saturated rings. The Labute approximate surface area is 332 Å². The Balaban J connectivity index is 0.967. The predicted molar refractivity (Wildman–Crippen MR) is 204 cm³/mol. The number of nitrogens with zero attached hydrogens (tertiary/aromatic N) is 4. The average molecular weight is 803 g/mol. The molecule has 58 heavy (non-hydrogen) atoms. The number of H-pyrrole nitrogens is 2. The molecule has 0 bridgehead atoms. The number of benzene rings is 2. The van der Waals surface area contributed by atoms with Gasteiger partial charge in [0, 0.05) is 18.7 Å². The zero-order valence-corrected chi connectivity index (χ0v) is 32.1. The average Bonchev–Trinajstić information content (AvgIpc) is 3.96. The summed E-state index contributed by atoms with van der Waals surface area (Å²) in [5.74, 6) is 0.278. The number of alkyl carbamates (subject to hydrolysis) is 2. The number of carbonyl (C=O) groups is 4. The molecule has 8 rings (SSSR count). The first kappa shape index (κ1) is 39.0. The second kappa shape index (κ2) is 15.8. The fraction of sp³-hybridized carbons (Fsp3) is 0.463. The van der Waals surface area contributed by atoms with Crippen molar-refractivity contribution >= 4 is 24.0 Å². The number of alkyl halides is 3. The van der Waals surface area contributed by atoms with E-state index in [2.05, 4.69) is 30.6 Å². The molecule has 306 valence electrons. The summed E-state index contributed by atoms with van der Waals surface area (Å²) in [5.41, 5.74) is 2.28. The molecule has 2 aliphatic heterocycles. The molecule has 14 nitrogen and oxygen atoms in total. The number of methoxy groups -OCH3 is 2. The Bertz CT molecular complexity index is 2160. The number of nitrogens with one attached hydrogen (secondary N) is 4. The Hall–Kier alpha value is -5.87. The summed E-state index contributed by atoms with van der Waals surface area (Å²) in [5, 5.41) is 5.33. The summed E-state index contributed by atoms with van der Waals surface area (Å²) in [6.07, 6.45) is 1.47. The summed E-state index contributed by atoms with van der Waals surface area (Å²) in [4.78, 5) is 69.4. The number of aromatic amines is 2. The molecule has 4 aliphatic rings. The molecule has 0 unspecified atom stereocenters. The molecule has 0 radical (unpaired) electrons. The third-order valence-electron chi connectivity index (χ3n) is 11.6. The quantitative estimate of drug-likeness (QED) is 0.129. The van der Waals surface area contributed by atoms with Crippen LogP contribution < -0.4 is 10.6 Å². The highest BCUT2D eigenvalue weighted by Crippen LogP contribution is 2.42. The number of aromatic nitrogens is 4. The number of hydrogen-bond donors (Lipinski definition) is 4. The monoisotopic (exact) mass is 802 g/mol. The van der Waals surface area contributed by atoms with Crippen LogP contribution in [0.3, 0.4) is 0 Å². The van der Waals surface area contributed by atoms with Crippen LogP contribution in [-0.4, -0.2) is 93.1 Å². The molecular weight excluding hydrogens is 757 g/mol. The molecule has 4 N–H and O–H groups in total. The van der Waals surface area contributed by atoms with Crippen molar-refractivity contribution in [2.75, 3.05) is 27.3 Å². The molecule has 2 aromatic carbocycles. The highest BCUT2D eigenvalue weighted by molar-refractivity contribution is 5.88. The largest absolute Gasteiger partial charge is 0.453 e. The summed E-state index contributed by atoms with van der Waals surface area (Å²) in [7, 11) is 2.49. The van der Waals surface area contributed by atoms with Crippen molar-refractivity contribution in [2.24, 2.45) is 11.8 Å².